The lowest BCUT2D eigenvalue weighted by Gasteiger charge is -2.14. The average Bonchev–Trinajstić information content (AvgIpc) is 2.55. The fraction of sp³-hybridized carbons (Fsp3) is 0.471. The van der Waals surface area contributed by atoms with E-state index in [1.165, 1.54) is 31.4 Å². The highest BCUT2D eigenvalue weighted by Gasteiger charge is 2.18. The summed E-state index contributed by atoms with van der Waals surface area (Å²) in [5.74, 6) is -0.300. The number of methoxy groups -OCH3 is 1. The van der Waals surface area contributed by atoms with Crippen LogP contribution >= 0.6 is 0 Å². The fourth-order valence-corrected chi connectivity index (χ4v) is 3.21. The first-order valence-corrected chi connectivity index (χ1v) is 9.43. The number of ether oxygens (including phenoxy) is 2. The van der Waals surface area contributed by atoms with Gasteiger partial charge < -0.3 is 14.8 Å². The highest BCUT2D eigenvalue weighted by Crippen LogP contribution is 2.15. The van der Waals surface area contributed by atoms with Crippen LogP contribution in [0.3, 0.4) is 0 Å². The van der Waals surface area contributed by atoms with Gasteiger partial charge in [-0.05, 0) is 44.5 Å². The van der Waals surface area contributed by atoms with E-state index < -0.39 is 16.1 Å². The first-order valence-electron chi connectivity index (χ1n) is 7.95. The van der Waals surface area contributed by atoms with Crippen LogP contribution in [-0.2, 0) is 24.3 Å². The van der Waals surface area contributed by atoms with E-state index in [9.17, 15) is 13.2 Å². The SMILES string of the molecule is C=CCCOC(C)C(=O)Nc1ccc(S(=O)(=O)NC(C)COC)cc1. The molecular formula is C17H26N2O5S. The van der Waals surface area contributed by atoms with Gasteiger partial charge in [0.05, 0.1) is 18.1 Å². The minimum Gasteiger partial charge on any atom is -0.383 e. The Morgan fingerprint density at radius 3 is 2.48 bits per heavy atom. The summed E-state index contributed by atoms with van der Waals surface area (Å²) in [6, 6.07) is 5.58. The Bertz CT molecular complexity index is 658. The molecule has 0 radical (unpaired) electrons. The molecule has 25 heavy (non-hydrogen) atoms. The van der Waals surface area contributed by atoms with Gasteiger partial charge in [-0.3, -0.25) is 4.79 Å². The van der Waals surface area contributed by atoms with Crippen molar-refractivity contribution in [1.29, 1.82) is 0 Å². The number of nitrogens with one attached hydrogen (secondary N) is 2. The maximum atomic E-state index is 12.2. The number of carbonyl (C=O) groups is 1. The molecule has 0 spiro atoms. The Hall–Kier alpha value is -1.74. The number of rotatable bonds is 11. The van der Waals surface area contributed by atoms with Crippen LogP contribution in [0.15, 0.2) is 41.8 Å². The molecule has 1 rings (SSSR count). The molecule has 0 aliphatic heterocycles. The topological polar surface area (TPSA) is 93.7 Å². The second-order valence-electron chi connectivity index (χ2n) is 5.58. The lowest BCUT2D eigenvalue weighted by molar-refractivity contribution is -0.126. The van der Waals surface area contributed by atoms with Crippen LogP contribution in [0.5, 0.6) is 0 Å². The molecule has 8 heteroatoms. The smallest absolute Gasteiger partial charge is 0.253 e. The molecule has 2 N–H and O–H groups in total. The minimum atomic E-state index is -3.64. The molecule has 1 amide bonds. The number of anilines is 1. The molecule has 1 aromatic rings. The van der Waals surface area contributed by atoms with Gasteiger partial charge in [0.15, 0.2) is 0 Å². The quantitative estimate of drug-likeness (QED) is 0.458. The van der Waals surface area contributed by atoms with Gasteiger partial charge in [0.1, 0.15) is 6.10 Å². The predicted molar refractivity (Wildman–Crippen MR) is 97.0 cm³/mol. The molecule has 0 bridgehead atoms. The first kappa shape index (κ1) is 21.3. The van der Waals surface area contributed by atoms with E-state index in [0.717, 1.165) is 0 Å². The molecule has 140 valence electrons. The molecule has 0 saturated heterocycles. The number of amides is 1. The van der Waals surface area contributed by atoms with E-state index in [1.54, 1.807) is 19.9 Å². The summed E-state index contributed by atoms with van der Waals surface area (Å²) in [6.45, 7) is 7.64. The van der Waals surface area contributed by atoms with Gasteiger partial charge in [-0.15, -0.1) is 6.58 Å². The molecule has 0 saturated carbocycles. The summed E-state index contributed by atoms with van der Waals surface area (Å²) in [7, 11) is -2.13. The Morgan fingerprint density at radius 2 is 1.92 bits per heavy atom. The predicted octanol–water partition coefficient (Wildman–Crippen LogP) is 1.92. The van der Waals surface area contributed by atoms with Crippen molar-refractivity contribution in [2.45, 2.75) is 37.3 Å². The molecule has 0 fully saturated rings. The third-order valence-electron chi connectivity index (χ3n) is 3.26. The van der Waals surface area contributed by atoms with E-state index in [4.69, 9.17) is 9.47 Å². The average molecular weight is 370 g/mol. The highest BCUT2D eigenvalue weighted by molar-refractivity contribution is 7.89. The van der Waals surface area contributed by atoms with Crippen molar-refractivity contribution in [3.63, 3.8) is 0 Å². The van der Waals surface area contributed by atoms with Crippen LogP contribution in [-0.4, -0.2) is 46.8 Å². The zero-order valence-corrected chi connectivity index (χ0v) is 15.6. The number of benzene rings is 1. The molecule has 0 aliphatic rings. The molecule has 2 atom stereocenters. The van der Waals surface area contributed by atoms with Gasteiger partial charge >= 0.3 is 0 Å². The van der Waals surface area contributed by atoms with Gasteiger partial charge in [-0.1, -0.05) is 6.08 Å². The maximum Gasteiger partial charge on any atom is 0.253 e. The summed E-state index contributed by atoms with van der Waals surface area (Å²) in [5.41, 5.74) is 0.494. The number of hydrogen-bond acceptors (Lipinski definition) is 5. The molecular weight excluding hydrogens is 344 g/mol. The maximum absolute atomic E-state index is 12.2. The van der Waals surface area contributed by atoms with E-state index >= 15 is 0 Å². The number of hydrogen-bond donors (Lipinski definition) is 2. The summed E-state index contributed by atoms with van der Waals surface area (Å²) in [6.07, 6.45) is 1.77. The first-order chi connectivity index (χ1) is 11.8. The summed E-state index contributed by atoms with van der Waals surface area (Å²) in [4.78, 5) is 12.1. The van der Waals surface area contributed by atoms with Crippen LogP contribution in [0.4, 0.5) is 5.69 Å². The lowest BCUT2D eigenvalue weighted by atomic mass is 10.3. The molecule has 2 unspecified atom stereocenters. The summed E-state index contributed by atoms with van der Waals surface area (Å²) >= 11 is 0. The Morgan fingerprint density at radius 1 is 1.28 bits per heavy atom. The lowest BCUT2D eigenvalue weighted by Crippen LogP contribution is -2.35. The van der Waals surface area contributed by atoms with Crippen molar-refractivity contribution in [2.24, 2.45) is 0 Å². The van der Waals surface area contributed by atoms with Crippen LogP contribution in [0.25, 0.3) is 0 Å². The van der Waals surface area contributed by atoms with Gasteiger partial charge in [0.2, 0.25) is 10.0 Å². The second-order valence-corrected chi connectivity index (χ2v) is 7.30. The van der Waals surface area contributed by atoms with Crippen molar-refractivity contribution >= 4 is 21.6 Å². The fourth-order valence-electron chi connectivity index (χ4n) is 1.98. The zero-order chi connectivity index (χ0) is 18.9. The third kappa shape index (κ3) is 7.35. The van der Waals surface area contributed by atoms with E-state index in [0.29, 0.717) is 18.7 Å². The van der Waals surface area contributed by atoms with E-state index in [2.05, 4.69) is 16.6 Å². The molecule has 1 aromatic carbocycles. The number of sulfonamides is 1. The van der Waals surface area contributed by atoms with Gasteiger partial charge in [0, 0.05) is 18.8 Å². The Kier molecular flexibility index (Phi) is 8.77. The van der Waals surface area contributed by atoms with Crippen LogP contribution in [0, 0.1) is 0 Å². The molecule has 0 aliphatic carbocycles. The van der Waals surface area contributed by atoms with E-state index in [-0.39, 0.29) is 23.5 Å². The van der Waals surface area contributed by atoms with Crippen molar-refractivity contribution in [1.82, 2.24) is 4.72 Å². The van der Waals surface area contributed by atoms with Crippen molar-refractivity contribution in [3.8, 4) is 0 Å². The summed E-state index contributed by atoms with van der Waals surface area (Å²) in [5, 5.41) is 2.68. The minimum absolute atomic E-state index is 0.115. The Labute approximate surface area is 149 Å². The van der Waals surface area contributed by atoms with Gasteiger partial charge in [-0.2, -0.15) is 0 Å². The zero-order valence-electron chi connectivity index (χ0n) is 14.8. The van der Waals surface area contributed by atoms with Gasteiger partial charge in [-0.25, -0.2) is 13.1 Å². The van der Waals surface area contributed by atoms with Crippen molar-refractivity contribution in [2.75, 3.05) is 25.6 Å². The molecule has 0 heterocycles. The largest absolute Gasteiger partial charge is 0.383 e. The van der Waals surface area contributed by atoms with Gasteiger partial charge in [0.25, 0.3) is 5.91 Å². The second kappa shape index (κ2) is 10.3. The normalized spacial score (nSPS) is 13.9. The summed E-state index contributed by atoms with van der Waals surface area (Å²) < 4.78 is 37.2. The molecule has 7 nitrogen and oxygen atoms in total. The van der Waals surface area contributed by atoms with Crippen LogP contribution in [0.1, 0.15) is 20.3 Å². The third-order valence-corrected chi connectivity index (χ3v) is 4.87. The highest BCUT2D eigenvalue weighted by atomic mass is 32.2. The Balaban J connectivity index is 2.66. The monoisotopic (exact) mass is 370 g/mol. The van der Waals surface area contributed by atoms with E-state index in [1.807, 2.05) is 0 Å². The van der Waals surface area contributed by atoms with Crippen molar-refractivity contribution < 1.29 is 22.7 Å². The standard InChI is InChI=1S/C17H26N2O5S/c1-5-6-11-24-14(3)17(20)18-15-7-9-16(10-8-15)25(21,22)19-13(2)12-23-4/h5,7-10,13-14,19H,1,6,11-12H2,2-4H3,(H,18,20). The number of carbonyl (C=O) groups excluding carboxylic acids is 1. The van der Waals surface area contributed by atoms with Crippen molar-refractivity contribution in [3.05, 3.63) is 36.9 Å². The molecule has 0 aromatic heterocycles. The van der Waals surface area contributed by atoms with Crippen LogP contribution in [0.2, 0.25) is 0 Å². The van der Waals surface area contributed by atoms with Crippen LogP contribution < -0.4 is 10.0 Å².